The molecule has 2 aromatic rings. The lowest BCUT2D eigenvalue weighted by molar-refractivity contribution is 0.102. The fraction of sp³-hybridized carbons (Fsp3) is 0.0769. The number of carbonyl (C=O) groups excluding carboxylic acids is 1. The average molecular weight is 246 g/mol. The number of hydrogen-bond acceptors (Lipinski definition) is 3. The fourth-order valence-electron chi connectivity index (χ4n) is 1.45. The van der Waals surface area contributed by atoms with Gasteiger partial charge in [0.15, 0.2) is 5.82 Å². The maximum Gasteiger partial charge on any atom is 0.258 e. The van der Waals surface area contributed by atoms with Crippen LogP contribution < -0.4 is 5.32 Å². The van der Waals surface area contributed by atoms with Gasteiger partial charge in [0.2, 0.25) is 0 Å². The zero-order valence-corrected chi connectivity index (χ0v) is 9.43. The third-order valence-electron chi connectivity index (χ3n) is 2.41. The Morgan fingerprint density at radius 3 is 2.61 bits per heavy atom. The first-order valence-electron chi connectivity index (χ1n) is 5.31. The molecule has 0 aliphatic rings. The zero-order chi connectivity index (χ0) is 13.0. The Hall–Kier alpha value is -2.27. The summed E-state index contributed by atoms with van der Waals surface area (Å²) in [6.07, 6.45) is 2.34. The number of aromatic nitrogens is 1. The van der Waals surface area contributed by atoms with E-state index in [9.17, 15) is 9.18 Å². The first-order valence-corrected chi connectivity index (χ1v) is 5.31. The van der Waals surface area contributed by atoms with Gasteiger partial charge in [-0.15, -0.1) is 0 Å². The molecular weight excluding hydrogens is 235 g/mol. The van der Waals surface area contributed by atoms with Crippen molar-refractivity contribution in [1.82, 2.24) is 4.98 Å². The van der Waals surface area contributed by atoms with Crippen molar-refractivity contribution in [3.8, 4) is 0 Å². The highest BCUT2D eigenvalue weighted by atomic mass is 19.1. The van der Waals surface area contributed by atoms with E-state index >= 15 is 0 Å². The molecule has 0 bridgehead atoms. The number of benzene rings is 1. The summed E-state index contributed by atoms with van der Waals surface area (Å²) in [5.74, 6) is -1.20. The summed E-state index contributed by atoms with van der Waals surface area (Å²) in [7, 11) is 0. The first kappa shape index (κ1) is 12.2. The molecule has 92 valence electrons. The lowest BCUT2D eigenvalue weighted by Crippen LogP contribution is -2.13. The molecule has 0 fully saturated rings. The molecule has 2 N–H and O–H groups in total. The van der Waals surface area contributed by atoms with Gasteiger partial charge in [-0.05, 0) is 23.8 Å². The minimum Gasteiger partial charge on any atom is -0.392 e. The van der Waals surface area contributed by atoms with Gasteiger partial charge in [-0.25, -0.2) is 4.39 Å². The summed E-state index contributed by atoms with van der Waals surface area (Å²) in [4.78, 5) is 15.3. The van der Waals surface area contributed by atoms with Crippen LogP contribution in [-0.4, -0.2) is 16.0 Å². The van der Waals surface area contributed by atoms with Crippen molar-refractivity contribution in [2.45, 2.75) is 6.61 Å². The van der Waals surface area contributed by atoms with Gasteiger partial charge in [0.1, 0.15) is 0 Å². The molecule has 1 aromatic heterocycles. The summed E-state index contributed by atoms with van der Waals surface area (Å²) in [6, 6.07) is 7.95. The first-order chi connectivity index (χ1) is 8.70. The molecule has 1 heterocycles. The average Bonchev–Trinajstić information content (AvgIpc) is 2.40. The minimum atomic E-state index is -0.665. The third kappa shape index (κ3) is 2.70. The van der Waals surface area contributed by atoms with Gasteiger partial charge in [0.25, 0.3) is 5.91 Å². The SMILES string of the molecule is O=C(Nc1ccc(CO)cc1)c1ccncc1F. The monoisotopic (exact) mass is 246 g/mol. The predicted octanol–water partition coefficient (Wildman–Crippen LogP) is 1.97. The van der Waals surface area contributed by atoms with Crippen LogP contribution in [0.4, 0.5) is 10.1 Å². The number of pyridine rings is 1. The highest BCUT2D eigenvalue weighted by molar-refractivity contribution is 6.04. The Balaban J connectivity index is 2.14. The van der Waals surface area contributed by atoms with Gasteiger partial charge in [-0.2, -0.15) is 0 Å². The Kier molecular flexibility index (Phi) is 3.64. The fourth-order valence-corrected chi connectivity index (χ4v) is 1.45. The van der Waals surface area contributed by atoms with E-state index in [1.807, 2.05) is 0 Å². The number of aliphatic hydroxyl groups excluding tert-OH is 1. The second-order valence-corrected chi connectivity index (χ2v) is 3.66. The molecule has 0 saturated carbocycles. The molecule has 0 atom stereocenters. The predicted molar refractivity (Wildman–Crippen MR) is 64.5 cm³/mol. The smallest absolute Gasteiger partial charge is 0.258 e. The molecule has 0 aliphatic carbocycles. The summed E-state index contributed by atoms with van der Waals surface area (Å²) in [6.45, 7) is -0.0623. The van der Waals surface area contributed by atoms with Crippen LogP contribution in [0.3, 0.4) is 0 Å². The summed E-state index contributed by atoms with van der Waals surface area (Å²) < 4.78 is 13.3. The number of aliphatic hydroxyl groups is 1. The van der Waals surface area contributed by atoms with Gasteiger partial charge in [0, 0.05) is 11.9 Å². The molecule has 0 saturated heterocycles. The zero-order valence-electron chi connectivity index (χ0n) is 9.43. The summed E-state index contributed by atoms with van der Waals surface area (Å²) >= 11 is 0. The van der Waals surface area contributed by atoms with Crippen LogP contribution in [-0.2, 0) is 6.61 Å². The summed E-state index contributed by atoms with van der Waals surface area (Å²) in [5.41, 5.74) is 1.22. The second-order valence-electron chi connectivity index (χ2n) is 3.66. The molecule has 0 spiro atoms. The Morgan fingerprint density at radius 1 is 1.28 bits per heavy atom. The van der Waals surface area contributed by atoms with E-state index < -0.39 is 11.7 Å². The summed E-state index contributed by atoms with van der Waals surface area (Å²) in [5, 5.41) is 11.4. The number of halogens is 1. The van der Waals surface area contributed by atoms with Crippen molar-refractivity contribution in [3.63, 3.8) is 0 Å². The van der Waals surface area contributed by atoms with E-state index in [1.165, 1.54) is 12.3 Å². The lowest BCUT2D eigenvalue weighted by Gasteiger charge is -2.06. The van der Waals surface area contributed by atoms with Crippen molar-refractivity contribution >= 4 is 11.6 Å². The van der Waals surface area contributed by atoms with Crippen molar-refractivity contribution < 1.29 is 14.3 Å². The number of nitrogens with one attached hydrogen (secondary N) is 1. The van der Waals surface area contributed by atoms with Crippen LogP contribution in [0.25, 0.3) is 0 Å². The van der Waals surface area contributed by atoms with Crippen molar-refractivity contribution in [3.05, 3.63) is 59.7 Å². The highest BCUT2D eigenvalue weighted by Crippen LogP contribution is 2.12. The van der Waals surface area contributed by atoms with Gasteiger partial charge in [-0.1, -0.05) is 12.1 Å². The van der Waals surface area contributed by atoms with Crippen LogP contribution in [0.2, 0.25) is 0 Å². The molecule has 0 unspecified atom stereocenters. The quantitative estimate of drug-likeness (QED) is 0.870. The number of anilines is 1. The van der Waals surface area contributed by atoms with E-state index in [-0.39, 0.29) is 12.2 Å². The van der Waals surface area contributed by atoms with Crippen LogP contribution >= 0.6 is 0 Å². The minimum absolute atomic E-state index is 0.0590. The number of amides is 1. The number of nitrogens with zero attached hydrogens (tertiary/aromatic N) is 1. The van der Waals surface area contributed by atoms with Crippen molar-refractivity contribution in [2.24, 2.45) is 0 Å². The van der Waals surface area contributed by atoms with E-state index in [2.05, 4.69) is 10.3 Å². The van der Waals surface area contributed by atoms with E-state index in [4.69, 9.17) is 5.11 Å². The highest BCUT2D eigenvalue weighted by Gasteiger charge is 2.11. The van der Waals surface area contributed by atoms with Gasteiger partial charge in [-0.3, -0.25) is 9.78 Å². The van der Waals surface area contributed by atoms with Gasteiger partial charge < -0.3 is 10.4 Å². The Morgan fingerprint density at radius 2 is 2.00 bits per heavy atom. The topological polar surface area (TPSA) is 62.2 Å². The molecule has 0 radical (unpaired) electrons. The maximum atomic E-state index is 13.3. The van der Waals surface area contributed by atoms with E-state index in [1.54, 1.807) is 24.3 Å². The van der Waals surface area contributed by atoms with E-state index in [0.717, 1.165) is 11.8 Å². The van der Waals surface area contributed by atoms with Crippen LogP contribution in [0.15, 0.2) is 42.7 Å². The molecular formula is C13H11FN2O2. The van der Waals surface area contributed by atoms with Crippen LogP contribution in [0.5, 0.6) is 0 Å². The number of hydrogen-bond donors (Lipinski definition) is 2. The molecule has 4 nitrogen and oxygen atoms in total. The largest absolute Gasteiger partial charge is 0.392 e. The normalized spacial score (nSPS) is 10.1. The van der Waals surface area contributed by atoms with Gasteiger partial charge >= 0.3 is 0 Å². The molecule has 1 aromatic carbocycles. The molecule has 1 amide bonds. The van der Waals surface area contributed by atoms with Crippen molar-refractivity contribution in [2.75, 3.05) is 5.32 Å². The Labute approximate surface area is 103 Å². The number of rotatable bonds is 3. The molecule has 0 aliphatic heterocycles. The van der Waals surface area contributed by atoms with Crippen molar-refractivity contribution in [1.29, 1.82) is 0 Å². The standard InChI is InChI=1S/C13H11FN2O2/c14-12-7-15-6-5-11(12)13(18)16-10-3-1-9(8-17)2-4-10/h1-7,17H,8H2,(H,16,18). The molecule has 2 rings (SSSR count). The third-order valence-corrected chi connectivity index (χ3v) is 2.41. The van der Waals surface area contributed by atoms with Crippen LogP contribution in [0.1, 0.15) is 15.9 Å². The molecule has 5 heteroatoms. The Bertz CT molecular complexity index is 555. The van der Waals surface area contributed by atoms with Crippen LogP contribution in [0, 0.1) is 5.82 Å². The van der Waals surface area contributed by atoms with E-state index in [0.29, 0.717) is 5.69 Å². The maximum absolute atomic E-state index is 13.3. The number of carbonyl (C=O) groups is 1. The molecule has 18 heavy (non-hydrogen) atoms. The second kappa shape index (κ2) is 5.37. The van der Waals surface area contributed by atoms with Gasteiger partial charge in [0.05, 0.1) is 18.4 Å². The lowest BCUT2D eigenvalue weighted by atomic mass is 10.2.